The van der Waals surface area contributed by atoms with E-state index >= 15 is 0 Å². The van der Waals surface area contributed by atoms with Crippen molar-refractivity contribution in [3.63, 3.8) is 0 Å². The molecule has 0 aliphatic carbocycles. The van der Waals surface area contributed by atoms with Crippen molar-refractivity contribution in [3.8, 4) is 0 Å². The van der Waals surface area contributed by atoms with Gasteiger partial charge in [-0.05, 0) is 43.9 Å². The Labute approximate surface area is 136 Å². The van der Waals surface area contributed by atoms with Gasteiger partial charge in [0.15, 0.2) is 0 Å². The highest BCUT2D eigenvalue weighted by atomic mass is 32.2. The van der Waals surface area contributed by atoms with Crippen molar-refractivity contribution in [3.05, 3.63) is 21.9 Å². The molecule has 1 aromatic rings. The summed E-state index contributed by atoms with van der Waals surface area (Å²) < 4.78 is 0. The Morgan fingerprint density at radius 1 is 1.38 bits per heavy atom. The number of rotatable bonds is 8. The van der Waals surface area contributed by atoms with Crippen molar-refractivity contribution in [2.24, 2.45) is 0 Å². The molecule has 3 nitrogen and oxygen atoms in total. The highest BCUT2D eigenvalue weighted by Crippen LogP contribution is 2.31. The minimum atomic E-state index is 0.00614. The van der Waals surface area contributed by atoms with E-state index in [0.29, 0.717) is 5.91 Å². The molecule has 1 fully saturated rings. The molecule has 0 spiro atoms. The second kappa shape index (κ2) is 8.20. The van der Waals surface area contributed by atoms with E-state index in [-0.39, 0.29) is 12.2 Å². The summed E-state index contributed by atoms with van der Waals surface area (Å²) in [5, 5.41) is 3.56. The molecule has 1 aliphatic heterocycles. The number of nitrogens with one attached hydrogen (secondary N) is 1. The molecular formula is C16H26N2OS2. The van der Waals surface area contributed by atoms with Crippen LogP contribution in [0.25, 0.3) is 0 Å². The Morgan fingerprint density at radius 3 is 2.81 bits per heavy atom. The first-order valence-electron chi connectivity index (χ1n) is 7.79. The van der Waals surface area contributed by atoms with E-state index in [1.807, 2.05) is 11.8 Å². The SMILES string of the molecule is CCCCC1NC(c2ccc(C)s2)N(CCCSC)C1=O. The van der Waals surface area contributed by atoms with Crippen LogP contribution in [-0.2, 0) is 4.79 Å². The lowest BCUT2D eigenvalue weighted by molar-refractivity contribution is -0.130. The molecule has 0 bridgehead atoms. The Bertz CT molecular complexity index is 461. The van der Waals surface area contributed by atoms with Crippen molar-refractivity contribution in [1.82, 2.24) is 10.2 Å². The van der Waals surface area contributed by atoms with E-state index in [1.54, 1.807) is 11.3 Å². The Kier molecular flexibility index (Phi) is 6.58. The molecule has 5 heteroatoms. The summed E-state index contributed by atoms with van der Waals surface area (Å²) in [6.45, 7) is 5.16. The van der Waals surface area contributed by atoms with Crippen LogP contribution in [0.4, 0.5) is 0 Å². The molecule has 0 aromatic carbocycles. The number of unbranched alkanes of at least 4 members (excludes halogenated alkanes) is 1. The quantitative estimate of drug-likeness (QED) is 0.738. The first-order valence-corrected chi connectivity index (χ1v) is 10.00. The van der Waals surface area contributed by atoms with Crippen molar-refractivity contribution in [2.45, 2.75) is 51.7 Å². The molecule has 1 N–H and O–H groups in total. The molecule has 1 saturated heterocycles. The van der Waals surface area contributed by atoms with Crippen molar-refractivity contribution in [1.29, 1.82) is 0 Å². The molecule has 21 heavy (non-hydrogen) atoms. The van der Waals surface area contributed by atoms with Crippen LogP contribution in [0.1, 0.15) is 48.5 Å². The number of carbonyl (C=O) groups is 1. The molecule has 0 radical (unpaired) electrons. The highest BCUT2D eigenvalue weighted by molar-refractivity contribution is 7.98. The van der Waals surface area contributed by atoms with Gasteiger partial charge < -0.3 is 4.90 Å². The smallest absolute Gasteiger partial charge is 0.241 e. The van der Waals surface area contributed by atoms with Crippen molar-refractivity contribution >= 4 is 29.0 Å². The van der Waals surface area contributed by atoms with Gasteiger partial charge in [-0.3, -0.25) is 10.1 Å². The lowest BCUT2D eigenvalue weighted by Gasteiger charge is -2.23. The van der Waals surface area contributed by atoms with Gasteiger partial charge in [0.25, 0.3) is 0 Å². The number of thiophene rings is 1. The van der Waals surface area contributed by atoms with Gasteiger partial charge in [-0.1, -0.05) is 19.8 Å². The summed E-state index contributed by atoms with van der Waals surface area (Å²) in [6, 6.07) is 4.31. The van der Waals surface area contributed by atoms with Crippen LogP contribution in [0.2, 0.25) is 0 Å². The zero-order chi connectivity index (χ0) is 15.2. The van der Waals surface area contributed by atoms with E-state index in [1.165, 1.54) is 9.75 Å². The molecule has 1 aromatic heterocycles. The van der Waals surface area contributed by atoms with E-state index in [2.05, 4.69) is 42.5 Å². The average molecular weight is 327 g/mol. The monoisotopic (exact) mass is 326 g/mol. The van der Waals surface area contributed by atoms with Gasteiger partial charge >= 0.3 is 0 Å². The fraction of sp³-hybridized carbons (Fsp3) is 0.688. The predicted octanol–water partition coefficient (Wildman–Crippen LogP) is 3.80. The fourth-order valence-electron chi connectivity index (χ4n) is 2.75. The third-order valence-corrected chi connectivity index (χ3v) is 5.63. The fourth-order valence-corrected chi connectivity index (χ4v) is 4.12. The zero-order valence-corrected chi connectivity index (χ0v) is 14.9. The number of nitrogens with zero attached hydrogens (tertiary/aromatic N) is 1. The summed E-state index contributed by atoms with van der Waals surface area (Å²) in [5.74, 6) is 1.40. The molecule has 1 amide bonds. The maximum Gasteiger partial charge on any atom is 0.241 e. The van der Waals surface area contributed by atoms with E-state index < -0.39 is 0 Å². The number of aryl methyl sites for hydroxylation is 1. The van der Waals surface area contributed by atoms with Gasteiger partial charge in [-0.15, -0.1) is 11.3 Å². The third kappa shape index (κ3) is 4.24. The minimum absolute atomic E-state index is 0.00614. The first-order chi connectivity index (χ1) is 10.2. The zero-order valence-electron chi connectivity index (χ0n) is 13.2. The van der Waals surface area contributed by atoms with Crippen LogP contribution in [0.3, 0.4) is 0 Å². The predicted molar refractivity (Wildman–Crippen MR) is 93.0 cm³/mol. The van der Waals surface area contributed by atoms with E-state index in [9.17, 15) is 4.79 Å². The van der Waals surface area contributed by atoms with Crippen LogP contribution >= 0.6 is 23.1 Å². The van der Waals surface area contributed by atoms with Crippen LogP contribution < -0.4 is 5.32 Å². The number of hydrogen-bond acceptors (Lipinski definition) is 4. The molecule has 0 saturated carbocycles. The van der Waals surface area contributed by atoms with Crippen LogP contribution in [-0.4, -0.2) is 35.4 Å². The lowest BCUT2D eigenvalue weighted by atomic mass is 10.1. The lowest BCUT2D eigenvalue weighted by Crippen LogP contribution is -2.32. The summed E-state index contributed by atoms with van der Waals surface area (Å²) in [4.78, 5) is 17.3. The van der Waals surface area contributed by atoms with E-state index in [0.717, 1.165) is 38.0 Å². The van der Waals surface area contributed by atoms with Crippen molar-refractivity contribution < 1.29 is 4.79 Å². The van der Waals surface area contributed by atoms with Gasteiger partial charge in [0.2, 0.25) is 5.91 Å². The standard InChI is InChI=1S/C16H26N2OS2/c1-4-5-7-13-16(19)18(10-6-11-20-3)15(17-13)14-9-8-12(2)21-14/h8-9,13,15,17H,4-7,10-11H2,1-3H3. The van der Waals surface area contributed by atoms with Crippen molar-refractivity contribution in [2.75, 3.05) is 18.6 Å². The van der Waals surface area contributed by atoms with E-state index in [4.69, 9.17) is 0 Å². The molecule has 2 rings (SSSR count). The maximum atomic E-state index is 12.7. The van der Waals surface area contributed by atoms with Crippen LogP contribution in [0, 0.1) is 6.92 Å². The van der Waals surface area contributed by atoms with Gasteiger partial charge in [0.1, 0.15) is 6.17 Å². The Hall–Kier alpha value is -0.520. The maximum absolute atomic E-state index is 12.7. The summed E-state index contributed by atoms with van der Waals surface area (Å²) in [6.07, 6.45) is 6.47. The Morgan fingerprint density at radius 2 is 2.19 bits per heavy atom. The molecular weight excluding hydrogens is 300 g/mol. The first kappa shape index (κ1) is 16.8. The van der Waals surface area contributed by atoms with Gasteiger partial charge in [0, 0.05) is 16.3 Å². The number of amides is 1. The molecule has 118 valence electrons. The molecule has 2 heterocycles. The summed E-state index contributed by atoms with van der Waals surface area (Å²) in [7, 11) is 0. The number of hydrogen-bond donors (Lipinski definition) is 1. The summed E-state index contributed by atoms with van der Waals surface area (Å²) >= 11 is 3.64. The average Bonchev–Trinajstić information content (AvgIpc) is 3.02. The highest BCUT2D eigenvalue weighted by Gasteiger charge is 2.39. The number of thioether (sulfide) groups is 1. The van der Waals surface area contributed by atoms with Gasteiger partial charge in [0.05, 0.1) is 6.04 Å². The summed E-state index contributed by atoms with van der Waals surface area (Å²) in [5.41, 5.74) is 0. The molecule has 1 aliphatic rings. The largest absolute Gasteiger partial charge is 0.321 e. The Balaban J connectivity index is 2.08. The normalized spacial score (nSPS) is 22.2. The van der Waals surface area contributed by atoms with Gasteiger partial charge in [-0.25, -0.2) is 0 Å². The third-order valence-electron chi connectivity index (χ3n) is 3.88. The van der Waals surface area contributed by atoms with Crippen LogP contribution in [0.5, 0.6) is 0 Å². The molecule has 2 atom stereocenters. The topological polar surface area (TPSA) is 32.3 Å². The second-order valence-electron chi connectivity index (χ2n) is 5.59. The second-order valence-corrected chi connectivity index (χ2v) is 7.90. The molecule has 2 unspecified atom stereocenters. The van der Waals surface area contributed by atoms with Crippen LogP contribution in [0.15, 0.2) is 12.1 Å². The minimum Gasteiger partial charge on any atom is -0.321 e. The number of carbonyl (C=O) groups excluding carboxylic acids is 1. The van der Waals surface area contributed by atoms with Gasteiger partial charge in [-0.2, -0.15) is 11.8 Å².